The van der Waals surface area contributed by atoms with Gasteiger partial charge in [0.1, 0.15) is 5.03 Å². The van der Waals surface area contributed by atoms with Crippen LogP contribution in [0.5, 0.6) is 0 Å². The van der Waals surface area contributed by atoms with Gasteiger partial charge in [-0.2, -0.15) is 13.2 Å². The summed E-state index contributed by atoms with van der Waals surface area (Å²) < 4.78 is 37.9. The fourth-order valence-electron chi connectivity index (χ4n) is 1.75. The average molecular weight is 370 g/mol. The van der Waals surface area contributed by atoms with Crippen molar-refractivity contribution in [1.82, 2.24) is 10.2 Å². The van der Waals surface area contributed by atoms with Gasteiger partial charge in [0.2, 0.25) is 11.8 Å². The van der Waals surface area contributed by atoms with Gasteiger partial charge in [-0.3, -0.25) is 9.59 Å². The highest BCUT2D eigenvalue weighted by atomic mass is 32.2. The Hall–Kier alpha value is -2.62. The number of halogens is 3. The summed E-state index contributed by atoms with van der Waals surface area (Å²) in [5.74, 6) is -0.526. The van der Waals surface area contributed by atoms with Crippen molar-refractivity contribution in [3.8, 4) is 0 Å². The Morgan fingerprint density at radius 1 is 1.12 bits per heavy atom. The molecule has 0 aliphatic carbocycles. The summed E-state index contributed by atoms with van der Waals surface area (Å²) in [5.41, 5.74) is -0.773. The predicted octanol–water partition coefficient (Wildman–Crippen LogP) is 3.18. The van der Waals surface area contributed by atoms with E-state index in [1.807, 2.05) is 0 Å². The molecule has 0 aliphatic heterocycles. The van der Waals surface area contributed by atoms with Gasteiger partial charge in [0.25, 0.3) is 0 Å². The van der Waals surface area contributed by atoms with E-state index in [4.69, 9.17) is 0 Å². The molecule has 2 N–H and O–H groups in total. The van der Waals surface area contributed by atoms with E-state index in [0.29, 0.717) is 5.03 Å². The highest BCUT2D eigenvalue weighted by molar-refractivity contribution is 7.99. The van der Waals surface area contributed by atoms with Crippen molar-refractivity contribution in [2.45, 2.75) is 18.1 Å². The summed E-state index contributed by atoms with van der Waals surface area (Å²) in [6, 6.07) is 7.49. The Labute approximate surface area is 145 Å². The molecule has 0 bridgehead atoms. The van der Waals surface area contributed by atoms with Gasteiger partial charge in [0.05, 0.1) is 11.3 Å². The van der Waals surface area contributed by atoms with Crippen LogP contribution in [0.25, 0.3) is 0 Å². The molecule has 10 heteroatoms. The lowest BCUT2D eigenvalue weighted by Gasteiger charge is -2.09. The number of rotatable bonds is 5. The first-order valence-corrected chi connectivity index (χ1v) is 7.94. The number of carbonyl (C=O) groups excluding carboxylic acids is 2. The van der Waals surface area contributed by atoms with Gasteiger partial charge in [-0.25, -0.2) is 0 Å². The molecule has 0 radical (unpaired) electrons. The van der Waals surface area contributed by atoms with Gasteiger partial charge >= 0.3 is 6.18 Å². The Kier molecular flexibility index (Phi) is 5.97. The third kappa shape index (κ3) is 6.07. The number of amides is 2. The highest BCUT2D eigenvalue weighted by Crippen LogP contribution is 2.30. The lowest BCUT2D eigenvalue weighted by molar-refractivity contribution is -0.137. The Morgan fingerprint density at radius 3 is 2.48 bits per heavy atom. The molecule has 1 aromatic heterocycles. The second kappa shape index (κ2) is 7.97. The normalized spacial score (nSPS) is 11.0. The Balaban J connectivity index is 1.89. The molecule has 0 atom stereocenters. The van der Waals surface area contributed by atoms with Gasteiger partial charge in [-0.15, -0.1) is 10.2 Å². The van der Waals surface area contributed by atoms with E-state index >= 15 is 0 Å². The van der Waals surface area contributed by atoms with Crippen molar-refractivity contribution in [1.29, 1.82) is 0 Å². The van der Waals surface area contributed by atoms with E-state index in [0.717, 1.165) is 23.9 Å². The van der Waals surface area contributed by atoms with Gasteiger partial charge in [0, 0.05) is 12.6 Å². The number of thioether (sulfide) groups is 1. The van der Waals surface area contributed by atoms with Gasteiger partial charge in [0.15, 0.2) is 5.82 Å². The van der Waals surface area contributed by atoms with Crippen molar-refractivity contribution in [2.75, 3.05) is 16.4 Å². The average Bonchev–Trinajstić information content (AvgIpc) is 2.53. The van der Waals surface area contributed by atoms with E-state index in [9.17, 15) is 22.8 Å². The van der Waals surface area contributed by atoms with Crippen molar-refractivity contribution in [2.24, 2.45) is 0 Å². The molecule has 2 aromatic rings. The molecule has 1 heterocycles. The van der Waals surface area contributed by atoms with Gasteiger partial charge in [-0.1, -0.05) is 17.8 Å². The number of alkyl halides is 3. The number of aromatic nitrogens is 2. The smallest absolute Gasteiger partial charge is 0.325 e. The lowest BCUT2D eigenvalue weighted by atomic mass is 10.2. The van der Waals surface area contributed by atoms with Crippen LogP contribution in [0.4, 0.5) is 24.7 Å². The fourth-order valence-corrected chi connectivity index (χ4v) is 2.37. The molecule has 2 amide bonds. The topological polar surface area (TPSA) is 84.0 Å². The third-order valence-electron chi connectivity index (χ3n) is 2.77. The molecule has 6 nitrogen and oxygen atoms in total. The summed E-state index contributed by atoms with van der Waals surface area (Å²) in [6.45, 7) is 1.34. The molecule has 0 unspecified atom stereocenters. The molecule has 0 aliphatic rings. The van der Waals surface area contributed by atoms with Crippen LogP contribution in [-0.4, -0.2) is 27.8 Å². The van der Waals surface area contributed by atoms with Crippen LogP contribution in [0.3, 0.4) is 0 Å². The quantitative estimate of drug-likeness (QED) is 0.790. The maximum absolute atomic E-state index is 12.6. The van der Waals surface area contributed by atoms with Crippen LogP contribution in [0, 0.1) is 0 Å². The maximum atomic E-state index is 12.6. The number of nitrogens with one attached hydrogen (secondary N) is 2. The van der Waals surface area contributed by atoms with Crippen LogP contribution in [0.1, 0.15) is 12.5 Å². The van der Waals surface area contributed by atoms with E-state index in [1.54, 1.807) is 6.07 Å². The molecule has 1 aromatic carbocycles. The Bertz CT molecular complexity index is 766. The summed E-state index contributed by atoms with van der Waals surface area (Å²) >= 11 is 1.06. The first-order valence-electron chi connectivity index (χ1n) is 6.95. The molecule has 0 spiro atoms. The van der Waals surface area contributed by atoms with E-state index in [1.165, 1.54) is 25.1 Å². The van der Waals surface area contributed by atoms with E-state index in [-0.39, 0.29) is 23.2 Å². The molecule has 132 valence electrons. The molecule has 0 saturated heterocycles. The largest absolute Gasteiger partial charge is 0.416 e. The van der Waals surface area contributed by atoms with Crippen LogP contribution in [0.15, 0.2) is 41.4 Å². The number of anilines is 2. The number of hydrogen-bond acceptors (Lipinski definition) is 5. The van der Waals surface area contributed by atoms with E-state index < -0.39 is 17.6 Å². The molecule has 2 rings (SSSR count). The summed E-state index contributed by atoms with van der Waals surface area (Å²) in [5, 5.41) is 12.9. The minimum atomic E-state index is -4.47. The summed E-state index contributed by atoms with van der Waals surface area (Å²) in [4.78, 5) is 22.7. The fraction of sp³-hybridized carbons (Fsp3) is 0.200. The highest BCUT2D eigenvalue weighted by Gasteiger charge is 2.30. The number of hydrogen-bond donors (Lipinski definition) is 2. The molecular formula is C15H13F3N4O2S. The lowest BCUT2D eigenvalue weighted by Crippen LogP contribution is -2.15. The molecule has 25 heavy (non-hydrogen) atoms. The molecule has 0 fully saturated rings. The van der Waals surface area contributed by atoms with Crippen LogP contribution < -0.4 is 10.6 Å². The monoisotopic (exact) mass is 370 g/mol. The zero-order chi connectivity index (χ0) is 18.4. The second-order valence-corrected chi connectivity index (χ2v) is 5.85. The molecular weight excluding hydrogens is 357 g/mol. The predicted molar refractivity (Wildman–Crippen MR) is 87.1 cm³/mol. The van der Waals surface area contributed by atoms with Gasteiger partial charge < -0.3 is 10.6 Å². The van der Waals surface area contributed by atoms with Crippen LogP contribution in [-0.2, 0) is 15.8 Å². The van der Waals surface area contributed by atoms with Crippen molar-refractivity contribution in [3.05, 3.63) is 42.0 Å². The summed E-state index contributed by atoms with van der Waals surface area (Å²) in [7, 11) is 0. The van der Waals surface area contributed by atoms with Crippen molar-refractivity contribution in [3.63, 3.8) is 0 Å². The first-order chi connectivity index (χ1) is 11.7. The van der Waals surface area contributed by atoms with Crippen LogP contribution in [0.2, 0.25) is 0 Å². The number of benzene rings is 1. The molecule has 0 saturated carbocycles. The van der Waals surface area contributed by atoms with E-state index in [2.05, 4.69) is 20.8 Å². The second-order valence-electron chi connectivity index (χ2n) is 4.85. The van der Waals surface area contributed by atoms with Crippen LogP contribution >= 0.6 is 11.8 Å². The minimum Gasteiger partial charge on any atom is -0.325 e. The maximum Gasteiger partial charge on any atom is 0.416 e. The van der Waals surface area contributed by atoms with Crippen molar-refractivity contribution < 1.29 is 22.8 Å². The zero-order valence-electron chi connectivity index (χ0n) is 12.9. The zero-order valence-corrected chi connectivity index (χ0v) is 13.7. The minimum absolute atomic E-state index is 0.0512. The Morgan fingerprint density at radius 2 is 1.88 bits per heavy atom. The SMILES string of the molecule is CC(=O)Nc1ccc(SCC(=O)Nc2cccc(C(F)(F)F)c2)nn1. The summed E-state index contributed by atoms with van der Waals surface area (Å²) in [6.07, 6.45) is -4.47. The third-order valence-corrected chi connectivity index (χ3v) is 3.69. The van der Waals surface area contributed by atoms with Gasteiger partial charge in [-0.05, 0) is 30.3 Å². The first kappa shape index (κ1) is 18.7. The van der Waals surface area contributed by atoms with Crippen molar-refractivity contribution >= 4 is 35.1 Å². The number of nitrogens with zero attached hydrogens (tertiary/aromatic N) is 2. The number of carbonyl (C=O) groups is 2. The standard InChI is InChI=1S/C15H13F3N4O2S/c1-9(23)19-12-5-6-14(22-21-12)25-8-13(24)20-11-4-2-3-10(7-11)15(16,17)18/h2-7H,8H2,1H3,(H,20,24)(H,19,21,23).